The maximum atomic E-state index is 13.7. The Morgan fingerprint density at radius 3 is 2.59 bits per heavy atom. The van der Waals surface area contributed by atoms with Crippen LogP contribution >= 0.6 is 11.3 Å². The van der Waals surface area contributed by atoms with Crippen LogP contribution in [0, 0.1) is 25.2 Å². The summed E-state index contributed by atoms with van der Waals surface area (Å²) < 4.78 is 5.67. The quantitative estimate of drug-likeness (QED) is 0.263. The number of ether oxygens (including phenoxy) is 1. The van der Waals surface area contributed by atoms with Crippen LogP contribution in [0.25, 0.3) is 22.6 Å². The number of nitrogens with one attached hydrogen (secondary N) is 1. The molecule has 0 saturated heterocycles. The number of pyridine rings is 1. The predicted octanol–water partition coefficient (Wildman–Crippen LogP) is 7.86. The number of fused-ring (bicyclic) bond motifs is 2. The van der Waals surface area contributed by atoms with Crippen LogP contribution in [0.3, 0.4) is 0 Å². The van der Waals surface area contributed by atoms with Gasteiger partial charge in [-0.1, -0.05) is 62.7 Å². The molecule has 0 aliphatic heterocycles. The maximum Gasteiger partial charge on any atom is 0.339 e. The lowest BCUT2D eigenvalue weighted by Gasteiger charge is -2.36. The molecular formula is C33H34N2O3S. The predicted molar refractivity (Wildman–Crippen MR) is 160 cm³/mol. The van der Waals surface area contributed by atoms with Crippen molar-refractivity contribution in [2.24, 2.45) is 11.3 Å². The van der Waals surface area contributed by atoms with Crippen molar-refractivity contribution in [2.45, 2.75) is 47.5 Å². The van der Waals surface area contributed by atoms with E-state index in [1.807, 2.05) is 62.4 Å². The molecule has 2 aromatic carbocycles. The van der Waals surface area contributed by atoms with Gasteiger partial charge in [0.1, 0.15) is 0 Å². The highest BCUT2D eigenvalue weighted by Gasteiger charge is 2.35. The summed E-state index contributed by atoms with van der Waals surface area (Å²) in [5.74, 6) is -0.544. The van der Waals surface area contributed by atoms with E-state index in [4.69, 9.17) is 9.72 Å². The summed E-state index contributed by atoms with van der Waals surface area (Å²) in [7, 11) is 0. The Morgan fingerprint density at radius 2 is 1.87 bits per heavy atom. The van der Waals surface area contributed by atoms with Crippen molar-refractivity contribution in [3.05, 3.63) is 92.8 Å². The van der Waals surface area contributed by atoms with Gasteiger partial charge in [-0.15, -0.1) is 11.3 Å². The molecule has 1 aliphatic carbocycles. The molecule has 5 nitrogen and oxygen atoms in total. The molecule has 1 N–H and O–H groups in total. The van der Waals surface area contributed by atoms with Crippen molar-refractivity contribution in [1.29, 1.82) is 0 Å². The average molecular weight is 539 g/mol. The van der Waals surface area contributed by atoms with E-state index >= 15 is 0 Å². The summed E-state index contributed by atoms with van der Waals surface area (Å²) in [6, 6.07) is 17.6. The van der Waals surface area contributed by atoms with Gasteiger partial charge in [0.05, 0.1) is 16.8 Å². The zero-order valence-corrected chi connectivity index (χ0v) is 23.9. The van der Waals surface area contributed by atoms with E-state index in [2.05, 4.69) is 43.6 Å². The fourth-order valence-electron chi connectivity index (χ4n) is 5.26. The van der Waals surface area contributed by atoms with Gasteiger partial charge in [0, 0.05) is 16.0 Å². The fraction of sp³-hybridized carbons (Fsp3) is 0.303. The highest BCUT2D eigenvalue weighted by molar-refractivity contribution is 7.10. The Morgan fingerprint density at radius 1 is 1.08 bits per heavy atom. The first kappa shape index (κ1) is 26.8. The van der Waals surface area contributed by atoms with Crippen LogP contribution < -0.4 is 5.32 Å². The summed E-state index contributed by atoms with van der Waals surface area (Å²) >= 11 is 1.69. The average Bonchev–Trinajstić information content (AvgIpc) is 3.40. The largest absolute Gasteiger partial charge is 0.452 e. The zero-order chi connectivity index (χ0) is 27.7. The Kier molecular flexibility index (Phi) is 7.41. The molecule has 4 aromatic rings. The lowest BCUT2D eigenvalue weighted by molar-refractivity contribution is -0.119. The third kappa shape index (κ3) is 5.81. The number of rotatable bonds is 5. The number of esters is 1. The van der Waals surface area contributed by atoms with Crippen LogP contribution in [-0.2, 0) is 16.0 Å². The monoisotopic (exact) mass is 538 g/mol. The molecule has 1 aliphatic rings. The SMILES string of the molecule is Cc1ccc(NC(=O)COC(=O)c2c3c(nc4ccccc24)C(=Cc2cccs2)CC(C(C)(C)C)C3)c(C)c1. The number of carbonyl (C=O) groups excluding carboxylic acids is 2. The number of para-hydroxylation sites is 1. The molecule has 5 rings (SSSR count). The van der Waals surface area contributed by atoms with Gasteiger partial charge in [0.25, 0.3) is 5.91 Å². The lowest BCUT2D eigenvalue weighted by Crippen LogP contribution is -2.29. The molecule has 200 valence electrons. The molecule has 0 fully saturated rings. The topological polar surface area (TPSA) is 68.3 Å². The van der Waals surface area contributed by atoms with E-state index in [0.717, 1.165) is 56.6 Å². The number of carbonyl (C=O) groups is 2. The van der Waals surface area contributed by atoms with Crippen LogP contribution in [-0.4, -0.2) is 23.5 Å². The molecule has 2 aromatic heterocycles. The number of allylic oxidation sites excluding steroid dienone is 1. The Hall–Kier alpha value is -3.77. The molecule has 1 amide bonds. The van der Waals surface area contributed by atoms with Crippen LogP contribution in [0.15, 0.2) is 60.0 Å². The van der Waals surface area contributed by atoms with Crippen molar-refractivity contribution < 1.29 is 14.3 Å². The Bertz CT molecular complexity index is 1580. The normalized spacial score (nSPS) is 16.2. The Labute approximate surface area is 233 Å². The van der Waals surface area contributed by atoms with Gasteiger partial charge in [-0.2, -0.15) is 0 Å². The third-order valence-corrected chi connectivity index (χ3v) is 8.31. The lowest BCUT2D eigenvalue weighted by atomic mass is 9.69. The van der Waals surface area contributed by atoms with Crippen LogP contribution in [0.2, 0.25) is 0 Å². The first-order valence-corrected chi connectivity index (χ1v) is 14.2. The summed E-state index contributed by atoms with van der Waals surface area (Å²) in [4.78, 5) is 32.7. The second-order valence-corrected chi connectivity index (χ2v) is 12.4. The van der Waals surface area contributed by atoms with Crippen molar-refractivity contribution in [3.63, 3.8) is 0 Å². The number of aromatic nitrogens is 1. The standard InChI is InChI=1S/C33H34N2O3S/c1-20-12-13-27(21(2)15-20)34-29(36)19-38-32(37)30-25-10-6-7-11-28(25)35-31-22(17-24-9-8-14-39-24)16-23(18-26(30)31)33(3,4)5/h6-15,17,23H,16,18-19H2,1-5H3,(H,34,36). The van der Waals surface area contributed by atoms with Crippen molar-refractivity contribution >= 4 is 51.5 Å². The zero-order valence-electron chi connectivity index (χ0n) is 23.1. The van der Waals surface area contributed by atoms with Gasteiger partial charge in [-0.05, 0) is 84.4 Å². The second kappa shape index (κ2) is 10.8. The van der Waals surface area contributed by atoms with Crippen LogP contribution in [0.4, 0.5) is 5.69 Å². The number of nitrogens with zero attached hydrogens (tertiary/aromatic N) is 1. The van der Waals surface area contributed by atoms with Gasteiger partial charge in [0.15, 0.2) is 6.61 Å². The van der Waals surface area contributed by atoms with Gasteiger partial charge < -0.3 is 10.1 Å². The third-order valence-electron chi connectivity index (χ3n) is 7.49. The molecule has 1 unspecified atom stereocenters. The number of hydrogen-bond donors (Lipinski definition) is 1. The molecule has 0 bridgehead atoms. The maximum absolute atomic E-state index is 13.7. The molecule has 0 spiro atoms. The van der Waals surface area contributed by atoms with Crippen molar-refractivity contribution in [1.82, 2.24) is 4.98 Å². The summed E-state index contributed by atoms with van der Waals surface area (Å²) in [6.07, 6.45) is 3.81. The molecule has 6 heteroatoms. The van der Waals surface area contributed by atoms with E-state index < -0.39 is 5.97 Å². The van der Waals surface area contributed by atoms with Crippen molar-refractivity contribution in [3.8, 4) is 0 Å². The number of amides is 1. The van der Waals surface area contributed by atoms with E-state index in [1.54, 1.807) is 11.3 Å². The molecular weight excluding hydrogens is 504 g/mol. The summed E-state index contributed by atoms with van der Waals surface area (Å²) in [6.45, 7) is 10.3. The van der Waals surface area contributed by atoms with Gasteiger partial charge in [-0.3, -0.25) is 4.79 Å². The summed E-state index contributed by atoms with van der Waals surface area (Å²) in [5, 5.41) is 5.68. The molecule has 0 saturated carbocycles. The van der Waals surface area contributed by atoms with Crippen molar-refractivity contribution in [2.75, 3.05) is 11.9 Å². The first-order valence-electron chi connectivity index (χ1n) is 13.3. The van der Waals surface area contributed by atoms with E-state index in [1.165, 1.54) is 0 Å². The van der Waals surface area contributed by atoms with E-state index in [0.29, 0.717) is 17.2 Å². The molecule has 0 radical (unpaired) electrons. The Balaban J connectivity index is 1.52. The minimum atomic E-state index is -0.495. The van der Waals surface area contributed by atoms with E-state index in [-0.39, 0.29) is 17.9 Å². The minimum absolute atomic E-state index is 0.0326. The minimum Gasteiger partial charge on any atom is -0.452 e. The molecule has 2 heterocycles. The van der Waals surface area contributed by atoms with Crippen LogP contribution in [0.1, 0.15) is 64.8 Å². The molecule has 39 heavy (non-hydrogen) atoms. The fourth-order valence-corrected chi connectivity index (χ4v) is 5.94. The van der Waals surface area contributed by atoms with E-state index in [9.17, 15) is 9.59 Å². The highest BCUT2D eigenvalue weighted by atomic mass is 32.1. The van der Waals surface area contributed by atoms with Crippen LogP contribution in [0.5, 0.6) is 0 Å². The van der Waals surface area contributed by atoms with Gasteiger partial charge in [0.2, 0.25) is 0 Å². The van der Waals surface area contributed by atoms with Gasteiger partial charge >= 0.3 is 5.97 Å². The summed E-state index contributed by atoms with van der Waals surface area (Å²) in [5.41, 5.74) is 6.97. The first-order chi connectivity index (χ1) is 18.6. The number of anilines is 1. The molecule has 1 atom stereocenters. The highest BCUT2D eigenvalue weighted by Crippen LogP contribution is 2.45. The number of benzene rings is 2. The smallest absolute Gasteiger partial charge is 0.339 e. The second-order valence-electron chi connectivity index (χ2n) is 11.4. The van der Waals surface area contributed by atoms with Gasteiger partial charge in [-0.25, -0.2) is 9.78 Å². The number of hydrogen-bond acceptors (Lipinski definition) is 5. The number of aryl methyl sites for hydroxylation is 2. The number of thiophene rings is 1.